The Morgan fingerprint density at radius 2 is 1.63 bits per heavy atom. The molecule has 2 saturated heterocycles. The van der Waals surface area contributed by atoms with E-state index in [1.54, 1.807) is 25.2 Å². The van der Waals surface area contributed by atoms with Gasteiger partial charge in [-0.25, -0.2) is 4.98 Å². The van der Waals surface area contributed by atoms with Gasteiger partial charge in [0.25, 0.3) is 5.91 Å². The highest BCUT2D eigenvalue weighted by Crippen LogP contribution is 2.35. The summed E-state index contributed by atoms with van der Waals surface area (Å²) in [6.07, 6.45) is 7.16. The fourth-order valence-corrected chi connectivity index (χ4v) is 7.05. The van der Waals surface area contributed by atoms with Gasteiger partial charge in [0.1, 0.15) is 11.3 Å². The lowest BCUT2D eigenvalue weighted by Crippen LogP contribution is -2.46. The van der Waals surface area contributed by atoms with Crippen LogP contribution in [0.3, 0.4) is 0 Å². The number of amides is 3. The molecule has 11 nitrogen and oxygen atoms in total. The van der Waals surface area contributed by atoms with Crippen LogP contribution in [-0.4, -0.2) is 77.4 Å². The van der Waals surface area contributed by atoms with Gasteiger partial charge >= 0.3 is 0 Å². The zero-order chi connectivity index (χ0) is 31.8. The zero-order valence-corrected chi connectivity index (χ0v) is 26.4. The van der Waals surface area contributed by atoms with E-state index in [9.17, 15) is 14.4 Å². The minimum Gasteiger partial charge on any atom is -0.368 e. The largest absolute Gasteiger partial charge is 0.368 e. The van der Waals surface area contributed by atoms with Crippen LogP contribution in [0.1, 0.15) is 66.5 Å². The van der Waals surface area contributed by atoms with Crippen LogP contribution in [0.5, 0.6) is 0 Å². The van der Waals surface area contributed by atoms with Crippen molar-refractivity contribution in [1.82, 2.24) is 24.8 Å². The van der Waals surface area contributed by atoms with Crippen LogP contribution in [0.2, 0.25) is 0 Å². The van der Waals surface area contributed by atoms with Gasteiger partial charge < -0.3 is 24.6 Å². The second kappa shape index (κ2) is 12.5. The maximum atomic E-state index is 13.0. The Hall–Kier alpha value is -4.93. The molecule has 1 unspecified atom stereocenters. The number of carbonyl (C=O) groups is 3. The Morgan fingerprint density at radius 3 is 2.33 bits per heavy atom. The Morgan fingerprint density at radius 1 is 0.913 bits per heavy atom. The third-order valence-corrected chi connectivity index (χ3v) is 9.54. The highest BCUT2D eigenvalue weighted by atomic mass is 16.2. The molecule has 7 rings (SSSR count). The molecule has 11 heteroatoms. The van der Waals surface area contributed by atoms with E-state index in [-0.39, 0.29) is 29.7 Å². The number of anilines is 4. The first-order valence-electron chi connectivity index (χ1n) is 16.2. The van der Waals surface area contributed by atoms with Gasteiger partial charge in [-0.15, -0.1) is 0 Å². The number of aromatic nitrogens is 3. The van der Waals surface area contributed by atoms with Crippen molar-refractivity contribution in [3.63, 3.8) is 0 Å². The Kier molecular flexibility index (Phi) is 8.06. The normalized spacial score (nSPS) is 19.0. The van der Waals surface area contributed by atoms with Gasteiger partial charge in [0.05, 0.1) is 5.92 Å². The van der Waals surface area contributed by atoms with Crippen molar-refractivity contribution in [3.05, 3.63) is 72.1 Å². The van der Waals surface area contributed by atoms with Crippen LogP contribution in [0.4, 0.5) is 23.0 Å². The zero-order valence-electron chi connectivity index (χ0n) is 26.4. The van der Waals surface area contributed by atoms with Gasteiger partial charge in [-0.3, -0.25) is 19.7 Å². The van der Waals surface area contributed by atoms with E-state index in [0.717, 1.165) is 85.5 Å². The van der Waals surface area contributed by atoms with Gasteiger partial charge in [-0.2, -0.15) is 4.98 Å². The number of nitrogens with zero attached hydrogens (tertiary/aromatic N) is 6. The van der Waals surface area contributed by atoms with Crippen molar-refractivity contribution in [2.45, 2.75) is 50.5 Å². The molecule has 1 aliphatic carbocycles. The molecule has 0 bridgehead atoms. The van der Waals surface area contributed by atoms with Crippen LogP contribution in [0.25, 0.3) is 11.0 Å². The van der Waals surface area contributed by atoms with Crippen molar-refractivity contribution in [3.8, 4) is 0 Å². The minimum absolute atomic E-state index is 0.0171. The molecule has 0 spiro atoms. The molecule has 4 heterocycles. The van der Waals surface area contributed by atoms with Crippen LogP contribution in [0.15, 0.2) is 60.8 Å². The topological polar surface area (TPSA) is 116 Å². The van der Waals surface area contributed by atoms with Gasteiger partial charge in [-0.05, 0) is 67.3 Å². The molecule has 3 aliphatic rings. The van der Waals surface area contributed by atoms with E-state index in [2.05, 4.69) is 66.4 Å². The average Bonchev–Trinajstić information content (AvgIpc) is 3.73. The number of benzene rings is 2. The summed E-state index contributed by atoms with van der Waals surface area (Å²) < 4.78 is 2.13. The number of rotatable bonds is 7. The van der Waals surface area contributed by atoms with E-state index < -0.39 is 0 Å². The number of piperazine rings is 1. The van der Waals surface area contributed by atoms with Crippen LogP contribution in [0, 0.1) is 0 Å². The number of carbonyl (C=O) groups excluding carboxylic acids is 3. The molecule has 2 aromatic heterocycles. The van der Waals surface area contributed by atoms with Gasteiger partial charge in [0, 0.05) is 81.4 Å². The predicted octanol–water partition coefficient (Wildman–Crippen LogP) is 4.84. The first-order chi connectivity index (χ1) is 22.3. The summed E-state index contributed by atoms with van der Waals surface area (Å²) in [4.78, 5) is 52.8. The number of piperidine rings is 1. The van der Waals surface area contributed by atoms with Crippen molar-refractivity contribution in [2.75, 3.05) is 55.4 Å². The molecule has 2 aliphatic heterocycles. The second-order valence-electron chi connectivity index (χ2n) is 12.8. The molecular weight excluding hydrogens is 580 g/mol. The lowest BCUT2D eigenvalue weighted by molar-refractivity contribution is -0.134. The minimum atomic E-state index is -0.277. The first kappa shape index (κ1) is 29.8. The lowest BCUT2D eigenvalue weighted by atomic mass is 9.90. The highest BCUT2D eigenvalue weighted by molar-refractivity contribution is 6.01. The molecule has 3 fully saturated rings. The van der Waals surface area contributed by atoms with Gasteiger partial charge in [0.15, 0.2) is 0 Å². The van der Waals surface area contributed by atoms with E-state index in [1.165, 1.54) is 0 Å². The molecule has 0 radical (unpaired) electrons. The van der Waals surface area contributed by atoms with E-state index >= 15 is 0 Å². The van der Waals surface area contributed by atoms with E-state index in [1.807, 2.05) is 18.2 Å². The second-order valence-corrected chi connectivity index (χ2v) is 12.8. The molecule has 1 saturated carbocycles. The fourth-order valence-electron chi connectivity index (χ4n) is 7.05. The number of imide groups is 1. The Labute approximate surface area is 268 Å². The number of hydrogen-bond acceptors (Lipinski definition) is 8. The Balaban J connectivity index is 1.01. The molecule has 46 heavy (non-hydrogen) atoms. The lowest BCUT2D eigenvalue weighted by Gasteiger charge is -2.37. The summed E-state index contributed by atoms with van der Waals surface area (Å²) in [6, 6.07) is 18.7. The third kappa shape index (κ3) is 5.89. The first-order valence-corrected chi connectivity index (χ1v) is 16.2. The summed E-state index contributed by atoms with van der Waals surface area (Å²) in [6.45, 7) is 3.49. The number of fused-ring (bicyclic) bond motifs is 1. The molecule has 3 amide bonds. The van der Waals surface area contributed by atoms with Crippen LogP contribution >= 0.6 is 0 Å². The van der Waals surface area contributed by atoms with E-state index in [4.69, 9.17) is 4.98 Å². The standard InChI is InChI=1S/C35H40N8O3/c1-40(2)34(46)30-21-24-22-36-35(39-32(24)43(30)27-7-3-4-8-27)37-25-10-12-26(13-11-25)41-16-18-42(19-17-41)28-9-5-6-23(20-28)29-14-15-31(44)38-33(29)45/h5-6,9-13,20-22,27,29H,3-4,7-8,14-19H2,1-2H3,(H,36,37,39)(H,38,44,45). The summed E-state index contributed by atoms with van der Waals surface area (Å²) >= 11 is 0. The monoisotopic (exact) mass is 620 g/mol. The summed E-state index contributed by atoms with van der Waals surface area (Å²) in [7, 11) is 3.57. The Bertz CT molecular complexity index is 1770. The summed E-state index contributed by atoms with van der Waals surface area (Å²) in [5.41, 5.74) is 5.59. The molecule has 1 atom stereocenters. The van der Waals surface area contributed by atoms with Gasteiger partial charge in [-0.1, -0.05) is 25.0 Å². The van der Waals surface area contributed by atoms with Crippen molar-refractivity contribution in [2.24, 2.45) is 0 Å². The number of hydrogen-bond donors (Lipinski definition) is 2. The molecule has 238 valence electrons. The molecule has 4 aromatic rings. The average molecular weight is 621 g/mol. The van der Waals surface area contributed by atoms with Crippen LogP contribution in [-0.2, 0) is 9.59 Å². The maximum absolute atomic E-state index is 13.0. The van der Waals surface area contributed by atoms with Gasteiger partial charge in [0.2, 0.25) is 17.8 Å². The fraction of sp³-hybridized carbons (Fsp3) is 0.400. The van der Waals surface area contributed by atoms with Crippen LogP contribution < -0.4 is 20.4 Å². The van der Waals surface area contributed by atoms with E-state index in [0.29, 0.717) is 24.5 Å². The smallest absolute Gasteiger partial charge is 0.270 e. The SMILES string of the molecule is CN(C)C(=O)c1cc2cnc(Nc3ccc(N4CCN(c5cccc(C6CCC(=O)NC6=O)c5)CC4)cc3)nc2n1C1CCCC1. The quantitative estimate of drug-likeness (QED) is 0.282. The number of nitrogens with one attached hydrogen (secondary N) is 2. The summed E-state index contributed by atoms with van der Waals surface area (Å²) in [5.74, 6) is -0.176. The third-order valence-electron chi connectivity index (χ3n) is 9.54. The van der Waals surface area contributed by atoms with Crippen molar-refractivity contribution in [1.29, 1.82) is 0 Å². The molecule has 2 aromatic carbocycles. The van der Waals surface area contributed by atoms with Crippen molar-refractivity contribution >= 4 is 51.8 Å². The highest BCUT2D eigenvalue weighted by Gasteiger charge is 2.29. The maximum Gasteiger partial charge on any atom is 0.270 e. The molecular formula is C35H40N8O3. The molecule has 2 N–H and O–H groups in total. The van der Waals surface area contributed by atoms with Crippen molar-refractivity contribution < 1.29 is 14.4 Å². The summed E-state index contributed by atoms with van der Waals surface area (Å²) in [5, 5.41) is 6.71. The predicted molar refractivity (Wildman–Crippen MR) is 179 cm³/mol.